The molecule has 0 unspecified atom stereocenters. The third-order valence-corrected chi connectivity index (χ3v) is 5.19. The highest BCUT2D eigenvalue weighted by Gasteiger charge is 2.12. The van der Waals surface area contributed by atoms with E-state index >= 15 is 0 Å². The summed E-state index contributed by atoms with van der Waals surface area (Å²) in [7, 11) is 0. The van der Waals surface area contributed by atoms with E-state index in [4.69, 9.17) is 26.3 Å². The average Bonchev–Trinajstić information content (AvgIpc) is 2.72. The van der Waals surface area contributed by atoms with Gasteiger partial charge in [0.25, 0.3) is 0 Å². The third kappa shape index (κ3) is 6.93. The van der Waals surface area contributed by atoms with Gasteiger partial charge in [0.05, 0.1) is 12.7 Å². The van der Waals surface area contributed by atoms with Crippen LogP contribution in [0.15, 0.2) is 42.0 Å². The molecular weight excluding hydrogens is 398 g/mol. The summed E-state index contributed by atoms with van der Waals surface area (Å²) >= 11 is 6.30. The van der Waals surface area contributed by atoms with Gasteiger partial charge >= 0.3 is 5.97 Å². The number of nitriles is 1. The molecule has 5 heteroatoms. The standard InChI is InChI=1S/C25H28ClNO3/c1-4-29-25(28)20(10-6-5-7-14-27)15-21-16-22(13-12-18(21)2)30-17-23-19(3)9-8-11-24(23)26/h8-9,11-13,15-16H,4-7,10,17H2,1-3H3/b20-15+. The molecule has 4 nitrogen and oxygen atoms in total. The summed E-state index contributed by atoms with van der Waals surface area (Å²) in [6, 6.07) is 13.7. The molecule has 0 saturated heterocycles. The van der Waals surface area contributed by atoms with Gasteiger partial charge in [0.2, 0.25) is 0 Å². The summed E-state index contributed by atoms with van der Waals surface area (Å²) in [5.41, 5.74) is 4.59. The fourth-order valence-corrected chi connectivity index (χ4v) is 3.31. The molecule has 0 aliphatic rings. The Kier molecular flexibility index (Phi) is 9.44. The first kappa shape index (κ1) is 23.5. The van der Waals surface area contributed by atoms with Crippen LogP contribution in [0, 0.1) is 25.2 Å². The van der Waals surface area contributed by atoms with Gasteiger partial charge < -0.3 is 9.47 Å². The number of rotatable bonds is 10. The minimum Gasteiger partial charge on any atom is -0.489 e. The Morgan fingerprint density at radius 3 is 2.67 bits per heavy atom. The number of hydrogen-bond donors (Lipinski definition) is 0. The monoisotopic (exact) mass is 425 g/mol. The molecule has 0 heterocycles. The molecule has 0 saturated carbocycles. The predicted octanol–water partition coefficient (Wildman–Crippen LogP) is 6.57. The minimum atomic E-state index is -0.313. The number of hydrogen-bond acceptors (Lipinski definition) is 4. The summed E-state index contributed by atoms with van der Waals surface area (Å²) in [6.07, 6.45) is 4.45. The molecule has 158 valence electrons. The zero-order chi connectivity index (χ0) is 21.9. The number of carbonyl (C=O) groups is 1. The van der Waals surface area contributed by atoms with Gasteiger partial charge in [-0.15, -0.1) is 0 Å². The van der Waals surface area contributed by atoms with Gasteiger partial charge in [-0.05, 0) is 81.0 Å². The molecule has 0 aromatic heterocycles. The molecule has 0 spiro atoms. The van der Waals surface area contributed by atoms with Crippen molar-refractivity contribution in [3.63, 3.8) is 0 Å². The van der Waals surface area contributed by atoms with E-state index in [9.17, 15) is 4.79 Å². The Morgan fingerprint density at radius 1 is 1.17 bits per heavy atom. The number of aryl methyl sites for hydroxylation is 2. The summed E-state index contributed by atoms with van der Waals surface area (Å²) in [4.78, 5) is 12.4. The third-order valence-electron chi connectivity index (χ3n) is 4.84. The van der Waals surface area contributed by atoms with Crippen LogP contribution in [0.1, 0.15) is 54.9 Å². The van der Waals surface area contributed by atoms with Crippen molar-refractivity contribution in [3.05, 3.63) is 69.2 Å². The van der Waals surface area contributed by atoms with Crippen LogP contribution in [-0.4, -0.2) is 12.6 Å². The first-order valence-electron chi connectivity index (χ1n) is 10.2. The van der Waals surface area contributed by atoms with Crippen molar-refractivity contribution >= 4 is 23.6 Å². The van der Waals surface area contributed by atoms with Crippen molar-refractivity contribution in [2.45, 2.75) is 53.1 Å². The lowest BCUT2D eigenvalue weighted by atomic mass is 10.0. The maximum atomic E-state index is 12.4. The molecule has 0 aliphatic heterocycles. The lowest BCUT2D eigenvalue weighted by Crippen LogP contribution is -2.08. The van der Waals surface area contributed by atoms with Crippen LogP contribution in [0.5, 0.6) is 5.75 Å². The SMILES string of the molecule is CCOC(=O)/C(=C/c1cc(OCc2c(C)cccc2Cl)ccc1C)CCCCC#N. The highest BCUT2D eigenvalue weighted by molar-refractivity contribution is 6.31. The Morgan fingerprint density at radius 2 is 1.97 bits per heavy atom. The summed E-state index contributed by atoms with van der Waals surface area (Å²) in [5.74, 6) is 0.394. The van der Waals surface area contributed by atoms with Gasteiger partial charge in [0.15, 0.2) is 0 Å². The fourth-order valence-electron chi connectivity index (χ4n) is 3.03. The second-order valence-electron chi connectivity index (χ2n) is 7.10. The van der Waals surface area contributed by atoms with Gasteiger partial charge in [0, 0.05) is 22.6 Å². The molecule has 0 fully saturated rings. The highest BCUT2D eigenvalue weighted by Crippen LogP contribution is 2.25. The van der Waals surface area contributed by atoms with Crippen LogP contribution in [0.3, 0.4) is 0 Å². The van der Waals surface area contributed by atoms with E-state index in [0.29, 0.717) is 42.4 Å². The quantitative estimate of drug-likeness (QED) is 0.245. The first-order chi connectivity index (χ1) is 14.5. The van der Waals surface area contributed by atoms with E-state index in [-0.39, 0.29) is 5.97 Å². The lowest BCUT2D eigenvalue weighted by molar-refractivity contribution is -0.138. The first-order valence-corrected chi connectivity index (χ1v) is 10.6. The number of esters is 1. The van der Waals surface area contributed by atoms with Crippen molar-refractivity contribution < 1.29 is 14.3 Å². The summed E-state index contributed by atoms with van der Waals surface area (Å²) in [6.45, 7) is 6.49. The van der Waals surface area contributed by atoms with Crippen LogP contribution in [0.4, 0.5) is 0 Å². The van der Waals surface area contributed by atoms with Gasteiger partial charge in [-0.25, -0.2) is 4.79 Å². The highest BCUT2D eigenvalue weighted by atomic mass is 35.5. The molecule has 0 radical (unpaired) electrons. The van der Waals surface area contributed by atoms with Gasteiger partial charge in [-0.3, -0.25) is 0 Å². The van der Waals surface area contributed by atoms with Crippen molar-refractivity contribution in [2.75, 3.05) is 6.61 Å². The number of ether oxygens (including phenoxy) is 2. The number of unbranched alkanes of at least 4 members (excludes halogenated alkanes) is 2. The van der Waals surface area contributed by atoms with Crippen molar-refractivity contribution in [3.8, 4) is 11.8 Å². The maximum absolute atomic E-state index is 12.4. The van der Waals surface area contributed by atoms with Gasteiger partial charge in [-0.1, -0.05) is 29.8 Å². The molecule has 2 rings (SSSR count). The maximum Gasteiger partial charge on any atom is 0.334 e. The molecule has 0 N–H and O–H groups in total. The van der Waals surface area contributed by atoms with Crippen molar-refractivity contribution in [1.29, 1.82) is 5.26 Å². The minimum absolute atomic E-state index is 0.313. The Balaban J connectivity index is 2.21. The normalized spacial score (nSPS) is 11.1. The second kappa shape index (κ2) is 12.0. The van der Waals surface area contributed by atoms with Crippen LogP contribution >= 0.6 is 11.6 Å². The Bertz CT molecular complexity index is 924. The van der Waals surface area contributed by atoms with Crippen LogP contribution in [-0.2, 0) is 16.1 Å². The van der Waals surface area contributed by atoms with E-state index in [2.05, 4.69) is 6.07 Å². The van der Waals surface area contributed by atoms with Crippen molar-refractivity contribution in [1.82, 2.24) is 0 Å². The Hall–Kier alpha value is -2.77. The van der Waals surface area contributed by atoms with E-state index in [1.807, 2.05) is 56.3 Å². The van der Waals surface area contributed by atoms with Crippen LogP contribution in [0.2, 0.25) is 5.02 Å². The van der Waals surface area contributed by atoms with Gasteiger partial charge in [0.1, 0.15) is 12.4 Å². The van der Waals surface area contributed by atoms with E-state index < -0.39 is 0 Å². The molecule has 2 aromatic carbocycles. The van der Waals surface area contributed by atoms with E-state index in [1.165, 1.54) is 0 Å². The molecule has 30 heavy (non-hydrogen) atoms. The van der Waals surface area contributed by atoms with E-state index in [0.717, 1.165) is 35.1 Å². The largest absolute Gasteiger partial charge is 0.489 e. The molecule has 0 amide bonds. The van der Waals surface area contributed by atoms with Crippen LogP contribution < -0.4 is 4.74 Å². The molecule has 2 aromatic rings. The number of benzene rings is 2. The molecular formula is C25H28ClNO3. The molecule has 0 aliphatic carbocycles. The summed E-state index contributed by atoms with van der Waals surface area (Å²) in [5, 5.41) is 9.40. The average molecular weight is 426 g/mol. The topological polar surface area (TPSA) is 59.3 Å². The number of nitrogens with zero attached hydrogens (tertiary/aromatic N) is 1. The summed E-state index contributed by atoms with van der Waals surface area (Å²) < 4.78 is 11.2. The number of halogens is 1. The zero-order valence-electron chi connectivity index (χ0n) is 17.8. The number of carbonyl (C=O) groups excluding carboxylic acids is 1. The van der Waals surface area contributed by atoms with Gasteiger partial charge in [-0.2, -0.15) is 5.26 Å². The second-order valence-corrected chi connectivity index (χ2v) is 7.50. The molecule has 0 atom stereocenters. The predicted molar refractivity (Wildman–Crippen MR) is 120 cm³/mol. The smallest absolute Gasteiger partial charge is 0.334 e. The van der Waals surface area contributed by atoms with E-state index in [1.54, 1.807) is 6.92 Å². The molecule has 0 bridgehead atoms. The fraction of sp³-hybridized carbons (Fsp3) is 0.360. The lowest BCUT2D eigenvalue weighted by Gasteiger charge is -2.13. The zero-order valence-corrected chi connectivity index (χ0v) is 18.6. The van der Waals surface area contributed by atoms with Crippen molar-refractivity contribution in [2.24, 2.45) is 0 Å². The van der Waals surface area contributed by atoms with Crippen LogP contribution in [0.25, 0.3) is 6.08 Å². The Labute approximate surface area is 184 Å².